The summed E-state index contributed by atoms with van der Waals surface area (Å²) < 4.78 is 5.23. The van der Waals surface area contributed by atoms with Crippen LogP contribution in [0.2, 0.25) is 5.02 Å². The first kappa shape index (κ1) is 20.8. The third kappa shape index (κ3) is 6.30. The number of thioether (sulfide) groups is 1. The molecule has 0 bridgehead atoms. The highest BCUT2D eigenvalue weighted by Crippen LogP contribution is 2.25. The van der Waals surface area contributed by atoms with Crippen LogP contribution in [0.25, 0.3) is 0 Å². The minimum Gasteiger partial charge on any atom is -0.452 e. The largest absolute Gasteiger partial charge is 0.452 e. The van der Waals surface area contributed by atoms with Gasteiger partial charge in [0.2, 0.25) is 5.91 Å². The lowest BCUT2D eigenvalue weighted by Gasteiger charge is -2.16. The maximum atomic E-state index is 12.2. The van der Waals surface area contributed by atoms with Crippen LogP contribution in [0.1, 0.15) is 24.2 Å². The van der Waals surface area contributed by atoms with E-state index < -0.39 is 29.1 Å². The molecular weight excluding hydrogens is 388 g/mol. The molecule has 0 spiro atoms. The molecule has 0 aliphatic rings. The predicted octanol–water partition coefficient (Wildman–Crippen LogP) is 3.49. The van der Waals surface area contributed by atoms with Gasteiger partial charge >= 0.3 is 5.97 Å². The first-order chi connectivity index (χ1) is 12.8. The molecule has 0 radical (unpaired) electrons. The number of hydrogen-bond donors (Lipinski definition) is 2. The molecule has 6 nitrogen and oxygen atoms in total. The van der Waals surface area contributed by atoms with Crippen LogP contribution in [-0.4, -0.2) is 29.1 Å². The Morgan fingerprint density at radius 2 is 1.63 bits per heavy atom. The monoisotopic (exact) mass is 406 g/mol. The first-order valence-corrected chi connectivity index (χ1v) is 9.35. The number of ether oxygens (including phenoxy) is 1. The summed E-state index contributed by atoms with van der Waals surface area (Å²) in [6.07, 6.45) is -0.971. The Kier molecular flexibility index (Phi) is 7.27. The molecule has 2 atom stereocenters. The molecule has 0 saturated heterocycles. The zero-order valence-electron chi connectivity index (χ0n) is 14.8. The van der Waals surface area contributed by atoms with E-state index in [9.17, 15) is 14.4 Å². The van der Waals surface area contributed by atoms with Crippen LogP contribution in [0.15, 0.2) is 53.4 Å². The number of carbonyl (C=O) groups is 3. The summed E-state index contributed by atoms with van der Waals surface area (Å²) in [4.78, 5) is 36.3. The highest BCUT2D eigenvalue weighted by Gasteiger charge is 2.23. The molecule has 0 aliphatic carbocycles. The zero-order chi connectivity index (χ0) is 20.0. The van der Waals surface area contributed by atoms with Crippen molar-refractivity contribution in [3.8, 4) is 0 Å². The number of anilines is 1. The highest BCUT2D eigenvalue weighted by molar-refractivity contribution is 8.00. The summed E-state index contributed by atoms with van der Waals surface area (Å²) in [5, 5.41) is 2.74. The predicted molar refractivity (Wildman–Crippen MR) is 106 cm³/mol. The number of rotatable bonds is 7. The van der Waals surface area contributed by atoms with Crippen LogP contribution in [0, 0.1) is 0 Å². The molecule has 142 valence electrons. The quantitative estimate of drug-likeness (QED) is 0.541. The number of benzene rings is 2. The Hall–Kier alpha value is -2.51. The fourth-order valence-corrected chi connectivity index (χ4v) is 3.03. The molecule has 8 heteroatoms. The van der Waals surface area contributed by atoms with Gasteiger partial charge in [0, 0.05) is 21.2 Å². The van der Waals surface area contributed by atoms with Crippen molar-refractivity contribution in [2.24, 2.45) is 5.73 Å². The number of nitrogens with two attached hydrogens (primary N) is 1. The fraction of sp³-hybridized carbons (Fsp3) is 0.211. The molecule has 3 N–H and O–H groups in total. The number of nitrogens with one attached hydrogen (secondary N) is 1. The van der Waals surface area contributed by atoms with Gasteiger partial charge < -0.3 is 15.8 Å². The Labute approximate surface area is 166 Å². The van der Waals surface area contributed by atoms with Crippen molar-refractivity contribution in [2.75, 3.05) is 5.32 Å². The standard InChI is InChI=1S/C19H19ClN2O4S/c1-11(18(24)22-15-7-3-13(4-8-15)17(21)23)26-19(25)12(2)27-16-9-5-14(20)6-10-16/h3-12H,1-2H3,(H2,21,23)(H,22,24)/t11-,12+/m1/s1. The average Bonchev–Trinajstić information content (AvgIpc) is 2.63. The van der Waals surface area contributed by atoms with Gasteiger partial charge in [-0.1, -0.05) is 11.6 Å². The summed E-state index contributed by atoms with van der Waals surface area (Å²) in [5.74, 6) is -1.53. The van der Waals surface area contributed by atoms with Crippen LogP contribution < -0.4 is 11.1 Å². The minimum atomic E-state index is -0.971. The van der Waals surface area contributed by atoms with Gasteiger partial charge in [-0.25, -0.2) is 0 Å². The number of carbonyl (C=O) groups excluding carboxylic acids is 3. The molecule has 0 aliphatic heterocycles. The van der Waals surface area contributed by atoms with Crippen molar-refractivity contribution in [1.29, 1.82) is 0 Å². The zero-order valence-corrected chi connectivity index (χ0v) is 16.3. The van der Waals surface area contributed by atoms with Crippen LogP contribution in [0.3, 0.4) is 0 Å². The van der Waals surface area contributed by atoms with Crippen molar-refractivity contribution in [3.05, 3.63) is 59.1 Å². The van der Waals surface area contributed by atoms with E-state index in [0.29, 0.717) is 16.3 Å². The van der Waals surface area contributed by atoms with E-state index >= 15 is 0 Å². The molecule has 0 heterocycles. The number of halogens is 1. The van der Waals surface area contributed by atoms with Gasteiger partial charge in [0.15, 0.2) is 6.10 Å². The Morgan fingerprint density at radius 3 is 2.19 bits per heavy atom. The van der Waals surface area contributed by atoms with Crippen molar-refractivity contribution < 1.29 is 19.1 Å². The summed E-state index contributed by atoms with van der Waals surface area (Å²) in [6.45, 7) is 3.19. The number of primary amides is 1. The lowest BCUT2D eigenvalue weighted by Crippen LogP contribution is -2.32. The normalized spacial score (nSPS) is 12.7. The van der Waals surface area contributed by atoms with E-state index in [1.807, 2.05) is 12.1 Å². The molecule has 0 saturated carbocycles. The summed E-state index contributed by atoms with van der Waals surface area (Å²) in [7, 11) is 0. The minimum absolute atomic E-state index is 0.334. The molecule has 2 aromatic carbocycles. The first-order valence-electron chi connectivity index (χ1n) is 8.09. The number of amides is 2. The maximum absolute atomic E-state index is 12.2. The molecule has 2 aromatic rings. The summed E-state index contributed by atoms with van der Waals surface area (Å²) in [5.41, 5.74) is 5.97. The van der Waals surface area contributed by atoms with Crippen molar-refractivity contribution in [1.82, 2.24) is 0 Å². The number of esters is 1. The van der Waals surface area contributed by atoms with E-state index in [0.717, 1.165) is 4.90 Å². The SMILES string of the molecule is C[C@H](Sc1ccc(Cl)cc1)C(=O)O[C@H](C)C(=O)Nc1ccc(C(N)=O)cc1. The molecule has 2 rings (SSSR count). The van der Waals surface area contributed by atoms with Gasteiger partial charge in [0.05, 0.1) is 0 Å². The summed E-state index contributed by atoms with van der Waals surface area (Å²) in [6, 6.07) is 13.2. The highest BCUT2D eigenvalue weighted by atomic mass is 35.5. The maximum Gasteiger partial charge on any atom is 0.319 e. The van der Waals surface area contributed by atoms with Crippen LogP contribution in [0.4, 0.5) is 5.69 Å². The second kappa shape index (κ2) is 9.43. The molecule has 2 amide bonds. The van der Waals surface area contributed by atoms with Crippen LogP contribution in [-0.2, 0) is 14.3 Å². The Bertz CT molecular complexity index is 825. The third-order valence-corrected chi connectivity index (χ3v) is 4.90. The summed E-state index contributed by atoms with van der Waals surface area (Å²) >= 11 is 7.15. The molecule has 27 heavy (non-hydrogen) atoms. The smallest absolute Gasteiger partial charge is 0.319 e. The van der Waals surface area contributed by atoms with E-state index in [4.69, 9.17) is 22.1 Å². The van der Waals surface area contributed by atoms with E-state index in [1.54, 1.807) is 31.2 Å². The topological polar surface area (TPSA) is 98.5 Å². The van der Waals surface area contributed by atoms with Crippen molar-refractivity contribution >= 4 is 46.8 Å². The second-order valence-electron chi connectivity index (χ2n) is 5.72. The van der Waals surface area contributed by atoms with Crippen molar-refractivity contribution in [2.45, 2.75) is 30.1 Å². The molecule has 0 unspecified atom stereocenters. The van der Waals surface area contributed by atoms with E-state index in [-0.39, 0.29) is 0 Å². The lowest BCUT2D eigenvalue weighted by molar-refractivity contribution is -0.152. The number of hydrogen-bond acceptors (Lipinski definition) is 5. The van der Waals surface area contributed by atoms with Gasteiger partial charge in [-0.3, -0.25) is 14.4 Å². The van der Waals surface area contributed by atoms with E-state index in [1.165, 1.54) is 30.8 Å². The molecular formula is C19H19ClN2O4S. The van der Waals surface area contributed by atoms with Crippen molar-refractivity contribution in [3.63, 3.8) is 0 Å². The second-order valence-corrected chi connectivity index (χ2v) is 7.57. The third-order valence-electron chi connectivity index (χ3n) is 3.56. The van der Waals surface area contributed by atoms with Gasteiger partial charge in [0.1, 0.15) is 5.25 Å². The lowest BCUT2D eigenvalue weighted by atomic mass is 10.2. The van der Waals surface area contributed by atoms with Crippen LogP contribution >= 0.6 is 23.4 Å². The Balaban J connectivity index is 1.87. The molecule has 0 fully saturated rings. The molecule has 0 aromatic heterocycles. The van der Waals surface area contributed by atoms with Gasteiger partial charge in [-0.05, 0) is 62.4 Å². The van der Waals surface area contributed by atoms with E-state index in [2.05, 4.69) is 5.32 Å². The average molecular weight is 407 g/mol. The Morgan fingerprint density at radius 1 is 1.04 bits per heavy atom. The van der Waals surface area contributed by atoms with Gasteiger partial charge in [-0.15, -0.1) is 11.8 Å². The van der Waals surface area contributed by atoms with Crippen LogP contribution in [0.5, 0.6) is 0 Å². The van der Waals surface area contributed by atoms with Gasteiger partial charge in [-0.2, -0.15) is 0 Å². The fourth-order valence-electron chi connectivity index (χ4n) is 2.05. The van der Waals surface area contributed by atoms with Gasteiger partial charge in [0.25, 0.3) is 5.91 Å².